The summed E-state index contributed by atoms with van der Waals surface area (Å²) in [6, 6.07) is 0. The number of anilines is 1. The molecule has 0 aliphatic heterocycles. The molecule has 1 aromatic heterocycles. The van der Waals surface area contributed by atoms with Gasteiger partial charge < -0.3 is 10.4 Å². The van der Waals surface area contributed by atoms with Crippen LogP contribution in [-0.2, 0) is 4.79 Å². The average molecular weight is 295 g/mol. The molecular weight excluding hydrogens is 274 g/mol. The van der Waals surface area contributed by atoms with E-state index in [-0.39, 0.29) is 16.9 Å². The van der Waals surface area contributed by atoms with Crippen molar-refractivity contribution in [1.82, 2.24) is 0 Å². The van der Waals surface area contributed by atoms with E-state index in [0.29, 0.717) is 5.00 Å². The Kier molecular flexibility index (Phi) is 4.18. The van der Waals surface area contributed by atoms with Gasteiger partial charge in [-0.1, -0.05) is 19.8 Å². The smallest absolute Gasteiger partial charge is 0.338 e. The monoisotopic (exact) mass is 295 g/mol. The summed E-state index contributed by atoms with van der Waals surface area (Å²) in [7, 11) is 0. The van der Waals surface area contributed by atoms with Crippen LogP contribution in [0.25, 0.3) is 0 Å². The minimum Gasteiger partial charge on any atom is -0.478 e. The predicted octanol–water partition coefficient (Wildman–Crippen LogP) is 3.97. The lowest BCUT2D eigenvalue weighted by Crippen LogP contribution is -2.33. The van der Waals surface area contributed by atoms with Crippen molar-refractivity contribution in [3.63, 3.8) is 0 Å². The van der Waals surface area contributed by atoms with Gasteiger partial charge in [-0.3, -0.25) is 4.79 Å². The SMILES string of the molecule is CCC1(C(=O)Nc2sc(C)c(C)c2C(=O)O)CCCC1. The van der Waals surface area contributed by atoms with E-state index in [0.717, 1.165) is 42.5 Å². The fourth-order valence-corrected chi connectivity index (χ4v) is 4.05. The van der Waals surface area contributed by atoms with Gasteiger partial charge in [0.1, 0.15) is 5.00 Å². The van der Waals surface area contributed by atoms with Gasteiger partial charge >= 0.3 is 5.97 Å². The van der Waals surface area contributed by atoms with Crippen LogP contribution in [0.3, 0.4) is 0 Å². The van der Waals surface area contributed by atoms with E-state index in [4.69, 9.17) is 0 Å². The van der Waals surface area contributed by atoms with Gasteiger partial charge in [0, 0.05) is 10.3 Å². The maximum atomic E-state index is 12.6. The van der Waals surface area contributed by atoms with E-state index < -0.39 is 5.97 Å². The zero-order valence-corrected chi connectivity index (χ0v) is 13.0. The molecule has 0 radical (unpaired) electrons. The molecule has 1 saturated carbocycles. The highest BCUT2D eigenvalue weighted by atomic mass is 32.1. The molecule has 0 spiro atoms. The van der Waals surface area contributed by atoms with Gasteiger partial charge in [-0.15, -0.1) is 11.3 Å². The number of carbonyl (C=O) groups excluding carboxylic acids is 1. The van der Waals surface area contributed by atoms with Crippen molar-refractivity contribution in [3.05, 3.63) is 16.0 Å². The number of hydrogen-bond acceptors (Lipinski definition) is 3. The Morgan fingerprint density at radius 1 is 1.30 bits per heavy atom. The molecule has 5 heteroatoms. The summed E-state index contributed by atoms with van der Waals surface area (Å²) in [5.41, 5.74) is 0.682. The number of hydrogen-bond donors (Lipinski definition) is 2. The lowest BCUT2D eigenvalue weighted by molar-refractivity contribution is -0.125. The number of amides is 1. The van der Waals surface area contributed by atoms with Crippen LogP contribution in [0.15, 0.2) is 0 Å². The van der Waals surface area contributed by atoms with Crippen molar-refractivity contribution in [1.29, 1.82) is 0 Å². The molecule has 1 aliphatic rings. The maximum Gasteiger partial charge on any atom is 0.338 e. The van der Waals surface area contributed by atoms with Gasteiger partial charge in [0.05, 0.1) is 5.56 Å². The van der Waals surface area contributed by atoms with Crippen molar-refractivity contribution in [2.24, 2.45) is 5.41 Å². The highest BCUT2D eigenvalue weighted by molar-refractivity contribution is 7.16. The molecule has 110 valence electrons. The summed E-state index contributed by atoms with van der Waals surface area (Å²) in [5.74, 6) is -0.986. The molecular formula is C15H21NO3S. The Morgan fingerprint density at radius 2 is 1.90 bits per heavy atom. The largest absolute Gasteiger partial charge is 0.478 e. The van der Waals surface area contributed by atoms with E-state index >= 15 is 0 Å². The Morgan fingerprint density at radius 3 is 2.40 bits per heavy atom. The van der Waals surface area contributed by atoms with Crippen LogP contribution in [0.2, 0.25) is 0 Å². The number of rotatable bonds is 4. The van der Waals surface area contributed by atoms with Crippen LogP contribution in [0.5, 0.6) is 0 Å². The zero-order valence-electron chi connectivity index (χ0n) is 12.2. The summed E-state index contributed by atoms with van der Waals surface area (Å²) in [6.45, 7) is 5.71. The van der Waals surface area contributed by atoms with Crippen LogP contribution >= 0.6 is 11.3 Å². The highest BCUT2D eigenvalue weighted by Crippen LogP contribution is 2.43. The first-order valence-corrected chi connectivity index (χ1v) is 7.87. The second-order valence-electron chi connectivity index (χ2n) is 5.59. The van der Waals surface area contributed by atoms with Gasteiger partial charge in [0.25, 0.3) is 0 Å². The Labute approximate surface area is 123 Å². The third kappa shape index (κ3) is 2.46. The fourth-order valence-electron chi connectivity index (χ4n) is 3.00. The molecule has 0 bridgehead atoms. The van der Waals surface area contributed by atoms with Crippen molar-refractivity contribution in [2.75, 3.05) is 5.32 Å². The number of carboxylic acids is 1. The predicted molar refractivity (Wildman–Crippen MR) is 80.6 cm³/mol. The number of thiophene rings is 1. The van der Waals surface area contributed by atoms with E-state index in [1.165, 1.54) is 11.3 Å². The molecule has 1 aromatic rings. The molecule has 2 N–H and O–H groups in total. The summed E-state index contributed by atoms with van der Waals surface area (Å²) in [4.78, 5) is 24.9. The van der Waals surface area contributed by atoms with E-state index in [2.05, 4.69) is 5.32 Å². The van der Waals surface area contributed by atoms with Gasteiger partial charge in [0.2, 0.25) is 5.91 Å². The molecule has 1 amide bonds. The van der Waals surface area contributed by atoms with Crippen molar-refractivity contribution in [3.8, 4) is 0 Å². The first-order valence-electron chi connectivity index (χ1n) is 7.06. The molecule has 2 rings (SSSR count). The molecule has 0 atom stereocenters. The lowest BCUT2D eigenvalue weighted by atomic mass is 9.82. The van der Waals surface area contributed by atoms with E-state index in [1.54, 1.807) is 6.92 Å². The Balaban J connectivity index is 2.28. The highest BCUT2D eigenvalue weighted by Gasteiger charge is 2.40. The van der Waals surface area contributed by atoms with Crippen LogP contribution in [0.4, 0.5) is 5.00 Å². The van der Waals surface area contributed by atoms with Crippen molar-refractivity contribution in [2.45, 2.75) is 52.9 Å². The van der Waals surface area contributed by atoms with Crippen LogP contribution in [0, 0.1) is 19.3 Å². The Bertz CT molecular complexity index is 542. The summed E-state index contributed by atoms with van der Waals surface area (Å²) in [6.07, 6.45) is 4.78. The quantitative estimate of drug-likeness (QED) is 0.883. The number of aromatic carboxylic acids is 1. The minimum absolute atomic E-state index is 0.0127. The van der Waals surface area contributed by atoms with Crippen LogP contribution in [-0.4, -0.2) is 17.0 Å². The molecule has 20 heavy (non-hydrogen) atoms. The second kappa shape index (κ2) is 5.56. The first kappa shape index (κ1) is 15.0. The molecule has 1 heterocycles. The maximum absolute atomic E-state index is 12.6. The van der Waals surface area contributed by atoms with Gasteiger partial charge in [0.15, 0.2) is 0 Å². The van der Waals surface area contributed by atoms with Crippen molar-refractivity contribution >= 4 is 28.2 Å². The normalized spacial score (nSPS) is 17.1. The Hall–Kier alpha value is -1.36. The molecule has 1 aliphatic carbocycles. The molecule has 0 aromatic carbocycles. The molecule has 1 fully saturated rings. The van der Waals surface area contributed by atoms with Crippen molar-refractivity contribution < 1.29 is 14.7 Å². The molecule has 0 saturated heterocycles. The topological polar surface area (TPSA) is 66.4 Å². The van der Waals surface area contributed by atoms with Gasteiger partial charge in [-0.2, -0.15) is 0 Å². The van der Waals surface area contributed by atoms with Gasteiger partial charge in [-0.25, -0.2) is 4.79 Å². The standard InChI is InChI=1S/C15H21NO3S/c1-4-15(7-5-6-8-15)14(19)16-12-11(13(17)18)9(2)10(3)20-12/h4-8H2,1-3H3,(H,16,19)(H,17,18). The summed E-state index contributed by atoms with van der Waals surface area (Å²) in [5, 5.41) is 12.7. The number of aryl methyl sites for hydroxylation is 1. The lowest BCUT2D eigenvalue weighted by Gasteiger charge is -2.25. The zero-order chi connectivity index (χ0) is 14.9. The molecule has 4 nitrogen and oxygen atoms in total. The fraction of sp³-hybridized carbons (Fsp3) is 0.600. The average Bonchev–Trinajstić information content (AvgIpc) is 2.96. The number of carboxylic acid groups (broad SMARTS) is 1. The summed E-state index contributed by atoms with van der Waals surface area (Å²) < 4.78 is 0. The molecule has 0 unspecified atom stereocenters. The first-order chi connectivity index (χ1) is 9.41. The third-order valence-electron chi connectivity index (χ3n) is 4.55. The van der Waals surface area contributed by atoms with Crippen LogP contribution < -0.4 is 5.32 Å². The van der Waals surface area contributed by atoms with Crippen LogP contribution in [0.1, 0.15) is 59.8 Å². The minimum atomic E-state index is -0.973. The number of nitrogens with one attached hydrogen (secondary N) is 1. The van der Waals surface area contributed by atoms with Gasteiger partial charge in [-0.05, 0) is 38.7 Å². The van der Waals surface area contributed by atoms with E-state index in [1.807, 2.05) is 13.8 Å². The second-order valence-corrected chi connectivity index (χ2v) is 6.81. The third-order valence-corrected chi connectivity index (χ3v) is 5.67. The van der Waals surface area contributed by atoms with E-state index in [9.17, 15) is 14.7 Å². The summed E-state index contributed by atoms with van der Waals surface area (Å²) >= 11 is 1.35. The number of carbonyl (C=O) groups is 2.